The molecule has 31 heavy (non-hydrogen) atoms. The Morgan fingerprint density at radius 2 is 1.58 bits per heavy atom. The van der Waals surface area contributed by atoms with Crippen LogP contribution in [-0.2, 0) is 6.61 Å². The molecule has 2 unspecified atom stereocenters. The van der Waals surface area contributed by atoms with Crippen LogP contribution in [0.3, 0.4) is 0 Å². The largest absolute Gasteiger partial charge is 0.493 e. The number of hydrogen-bond acceptors (Lipinski definition) is 4. The summed E-state index contributed by atoms with van der Waals surface area (Å²) in [6, 6.07) is 24.0. The van der Waals surface area contributed by atoms with E-state index in [1.807, 2.05) is 24.3 Å². The molecule has 1 N–H and O–H groups in total. The Labute approximate surface area is 182 Å². The highest BCUT2D eigenvalue weighted by Gasteiger charge is 2.27. The molecule has 1 saturated heterocycles. The smallest absolute Gasteiger partial charge is 0.123 e. The van der Waals surface area contributed by atoms with E-state index in [1.165, 1.54) is 17.7 Å². The van der Waals surface area contributed by atoms with Crippen LogP contribution in [0.4, 0.5) is 4.39 Å². The first-order valence-electron chi connectivity index (χ1n) is 10.5. The molecular weight excluding hydrogens is 391 g/mol. The molecule has 0 saturated carbocycles. The van der Waals surface area contributed by atoms with Gasteiger partial charge in [-0.1, -0.05) is 24.3 Å². The lowest BCUT2D eigenvalue weighted by Crippen LogP contribution is -2.38. The lowest BCUT2D eigenvalue weighted by molar-refractivity contribution is 0.197. The first-order valence-corrected chi connectivity index (χ1v) is 10.5. The van der Waals surface area contributed by atoms with Gasteiger partial charge in [-0.25, -0.2) is 4.39 Å². The number of rotatable bonds is 7. The highest BCUT2D eigenvalue weighted by molar-refractivity contribution is 5.35. The number of halogens is 1. The van der Waals surface area contributed by atoms with Crippen LogP contribution >= 0.6 is 0 Å². The summed E-state index contributed by atoms with van der Waals surface area (Å²) in [6.07, 6.45) is 1.05. The average Bonchev–Trinajstić information content (AvgIpc) is 2.83. The van der Waals surface area contributed by atoms with Crippen LogP contribution in [0.2, 0.25) is 0 Å². The summed E-state index contributed by atoms with van der Waals surface area (Å²) >= 11 is 0. The maximum Gasteiger partial charge on any atom is 0.123 e. The van der Waals surface area contributed by atoms with Gasteiger partial charge in [0.05, 0.1) is 18.2 Å². The van der Waals surface area contributed by atoms with Gasteiger partial charge < -0.3 is 14.8 Å². The third kappa shape index (κ3) is 5.62. The number of piperidine rings is 1. The number of nitrogens with one attached hydrogen (secondary N) is 1. The fraction of sp³-hybridized carbons (Fsp3) is 0.269. The van der Waals surface area contributed by atoms with Crippen molar-refractivity contribution in [1.82, 2.24) is 5.32 Å². The summed E-state index contributed by atoms with van der Waals surface area (Å²) in [5.41, 5.74) is 2.85. The number of nitriles is 1. The van der Waals surface area contributed by atoms with Crippen LogP contribution in [-0.4, -0.2) is 19.7 Å². The van der Waals surface area contributed by atoms with E-state index in [0.29, 0.717) is 30.6 Å². The van der Waals surface area contributed by atoms with Crippen LogP contribution in [0.5, 0.6) is 11.5 Å². The molecule has 1 aliphatic rings. The fourth-order valence-corrected chi connectivity index (χ4v) is 3.92. The van der Waals surface area contributed by atoms with E-state index >= 15 is 0 Å². The minimum atomic E-state index is -0.243. The molecule has 158 valence electrons. The Morgan fingerprint density at radius 1 is 0.903 bits per heavy atom. The van der Waals surface area contributed by atoms with E-state index in [1.54, 1.807) is 24.3 Å². The lowest BCUT2D eigenvalue weighted by atomic mass is 9.81. The molecule has 3 aromatic carbocycles. The second kappa shape index (κ2) is 10.1. The zero-order valence-electron chi connectivity index (χ0n) is 17.3. The van der Waals surface area contributed by atoms with Crippen LogP contribution in [0, 0.1) is 23.1 Å². The molecule has 1 aliphatic heterocycles. The molecule has 0 aliphatic carbocycles. The van der Waals surface area contributed by atoms with E-state index in [-0.39, 0.29) is 5.82 Å². The van der Waals surface area contributed by atoms with Gasteiger partial charge in [0.15, 0.2) is 0 Å². The molecular formula is C26H25FN2O2. The van der Waals surface area contributed by atoms with Gasteiger partial charge >= 0.3 is 0 Å². The van der Waals surface area contributed by atoms with Crippen LogP contribution in [0.15, 0.2) is 72.8 Å². The zero-order valence-corrected chi connectivity index (χ0v) is 17.3. The van der Waals surface area contributed by atoms with Gasteiger partial charge in [-0.2, -0.15) is 5.26 Å². The number of hydrogen-bond donors (Lipinski definition) is 1. The standard InChI is InChI=1S/C26H25FN2O2/c27-23-7-1-20(2-8-23)17-30-25-11-5-21(6-12-25)26-13-14-29-16-22(26)18-31-24-9-3-19(15-28)4-10-24/h1-12,22,26,29H,13-14,16-18H2. The van der Waals surface area contributed by atoms with Gasteiger partial charge in [0, 0.05) is 12.5 Å². The van der Waals surface area contributed by atoms with Crippen molar-refractivity contribution in [2.75, 3.05) is 19.7 Å². The summed E-state index contributed by atoms with van der Waals surface area (Å²) in [7, 11) is 0. The highest BCUT2D eigenvalue weighted by Crippen LogP contribution is 2.32. The van der Waals surface area contributed by atoms with E-state index in [0.717, 1.165) is 36.6 Å². The first kappa shape index (κ1) is 20.9. The molecule has 4 rings (SSSR count). The summed E-state index contributed by atoms with van der Waals surface area (Å²) < 4.78 is 24.9. The van der Waals surface area contributed by atoms with Gasteiger partial charge in [-0.05, 0) is 78.5 Å². The second-order valence-electron chi connectivity index (χ2n) is 7.79. The Balaban J connectivity index is 1.35. The van der Waals surface area contributed by atoms with E-state index in [4.69, 9.17) is 14.7 Å². The normalized spacial score (nSPS) is 18.2. The van der Waals surface area contributed by atoms with Gasteiger partial charge in [0.2, 0.25) is 0 Å². The Bertz CT molecular complexity index is 1010. The predicted octanol–water partition coefficient (Wildman–Crippen LogP) is 5.05. The minimum Gasteiger partial charge on any atom is -0.493 e. The van der Waals surface area contributed by atoms with Gasteiger partial charge in [0.1, 0.15) is 23.9 Å². The van der Waals surface area contributed by atoms with Crippen molar-refractivity contribution in [3.63, 3.8) is 0 Å². The van der Waals surface area contributed by atoms with Crippen molar-refractivity contribution in [3.8, 4) is 17.6 Å². The number of ether oxygens (including phenoxy) is 2. The topological polar surface area (TPSA) is 54.3 Å². The number of nitrogens with zero attached hydrogens (tertiary/aromatic N) is 1. The SMILES string of the molecule is N#Cc1ccc(OCC2CNCCC2c2ccc(OCc3ccc(F)cc3)cc2)cc1. The summed E-state index contributed by atoms with van der Waals surface area (Å²) in [5.74, 6) is 2.11. The van der Waals surface area contributed by atoms with Crippen LogP contribution in [0.1, 0.15) is 29.0 Å². The van der Waals surface area contributed by atoms with Crippen molar-refractivity contribution in [2.24, 2.45) is 5.92 Å². The van der Waals surface area contributed by atoms with Gasteiger partial charge in [0.25, 0.3) is 0 Å². The third-order valence-electron chi connectivity index (χ3n) is 5.68. The Kier molecular flexibility index (Phi) is 6.81. The van der Waals surface area contributed by atoms with Gasteiger partial charge in [-0.15, -0.1) is 0 Å². The third-order valence-corrected chi connectivity index (χ3v) is 5.68. The van der Waals surface area contributed by atoms with E-state index < -0.39 is 0 Å². The van der Waals surface area contributed by atoms with Crippen molar-refractivity contribution in [2.45, 2.75) is 18.9 Å². The molecule has 5 heteroatoms. The fourth-order valence-electron chi connectivity index (χ4n) is 3.92. The molecule has 4 nitrogen and oxygen atoms in total. The molecule has 0 bridgehead atoms. The molecule has 0 spiro atoms. The van der Waals surface area contributed by atoms with Gasteiger partial charge in [-0.3, -0.25) is 0 Å². The van der Waals surface area contributed by atoms with Crippen LogP contribution < -0.4 is 14.8 Å². The van der Waals surface area contributed by atoms with Crippen LogP contribution in [0.25, 0.3) is 0 Å². The molecule has 1 heterocycles. The Hall–Kier alpha value is -3.36. The molecule has 3 aromatic rings. The quantitative estimate of drug-likeness (QED) is 0.586. The molecule has 0 aromatic heterocycles. The minimum absolute atomic E-state index is 0.243. The molecule has 2 atom stereocenters. The number of benzene rings is 3. The maximum atomic E-state index is 13.0. The summed E-state index contributed by atoms with van der Waals surface area (Å²) in [4.78, 5) is 0. The lowest BCUT2D eigenvalue weighted by Gasteiger charge is -2.32. The van der Waals surface area contributed by atoms with Crippen molar-refractivity contribution < 1.29 is 13.9 Å². The first-order chi connectivity index (χ1) is 15.2. The summed E-state index contributed by atoms with van der Waals surface area (Å²) in [6.45, 7) is 2.92. The van der Waals surface area contributed by atoms with Crippen molar-refractivity contribution in [1.29, 1.82) is 5.26 Å². The average molecular weight is 416 g/mol. The highest BCUT2D eigenvalue weighted by atomic mass is 19.1. The molecule has 1 fully saturated rings. The molecule has 0 amide bonds. The predicted molar refractivity (Wildman–Crippen MR) is 118 cm³/mol. The molecule has 0 radical (unpaired) electrons. The van der Waals surface area contributed by atoms with Crippen molar-refractivity contribution in [3.05, 3.63) is 95.3 Å². The van der Waals surface area contributed by atoms with Crippen molar-refractivity contribution >= 4 is 0 Å². The Morgan fingerprint density at radius 3 is 2.29 bits per heavy atom. The monoisotopic (exact) mass is 416 g/mol. The second-order valence-corrected chi connectivity index (χ2v) is 7.79. The van der Waals surface area contributed by atoms with E-state index in [9.17, 15) is 4.39 Å². The maximum absolute atomic E-state index is 13.0. The van der Waals surface area contributed by atoms with E-state index in [2.05, 4.69) is 23.5 Å². The zero-order chi connectivity index (χ0) is 21.5. The summed E-state index contributed by atoms with van der Waals surface area (Å²) in [5, 5.41) is 12.4.